The van der Waals surface area contributed by atoms with Crippen molar-refractivity contribution in [2.75, 3.05) is 0 Å². The summed E-state index contributed by atoms with van der Waals surface area (Å²) in [5.74, 6) is -0.219. The van der Waals surface area contributed by atoms with Crippen molar-refractivity contribution in [3.63, 3.8) is 0 Å². The monoisotopic (exact) mass is 434 g/mol. The first-order valence-electron chi connectivity index (χ1n) is 7.88. The molecule has 0 radical (unpaired) electrons. The number of aliphatic imine (C=N–C) groups is 2. The number of aromatic nitrogens is 1. The van der Waals surface area contributed by atoms with Crippen molar-refractivity contribution < 1.29 is 17.9 Å². The molecule has 4 nitrogen and oxygen atoms in total. The van der Waals surface area contributed by atoms with Crippen LogP contribution in [0.25, 0.3) is 0 Å². The second-order valence-corrected chi connectivity index (χ2v) is 7.75. The van der Waals surface area contributed by atoms with Gasteiger partial charge in [0.2, 0.25) is 5.91 Å². The minimum absolute atomic E-state index is 0.194. The predicted octanol–water partition coefficient (Wildman–Crippen LogP) is 5.44. The van der Waals surface area contributed by atoms with E-state index in [1.807, 2.05) is 19.1 Å². The molecule has 0 unspecified atom stereocenters. The molecule has 2 rings (SSSR count). The number of carbonyl (C=O) groups excluding carboxylic acids is 1. The first-order chi connectivity index (χ1) is 12.2. The Bertz CT molecular complexity index is 818. The molecule has 0 atom stereocenters. The van der Waals surface area contributed by atoms with Gasteiger partial charge in [-0.1, -0.05) is 29.8 Å². The first-order valence-corrected chi connectivity index (χ1v) is 10.9. The van der Waals surface area contributed by atoms with Crippen LogP contribution in [0.3, 0.4) is 0 Å². The topological polar surface area (TPSA) is 55.9 Å². The molecule has 0 aliphatic heterocycles. The molecule has 2 aromatic rings. The number of amides is 1. The molecule has 0 spiro atoms. The molecule has 0 N–H and O–H groups in total. The number of halogens is 2. The van der Waals surface area contributed by atoms with Crippen molar-refractivity contribution in [2.24, 2.45) is 9.98 Å². The molecule has 0 bridgehead atoms. The van der Waals surface area contributed by atoms with Gasteiger partial charge in [0.1, 0.15) is 0 Å². The Morgan fingerprint density at radius 1 is 0.962 bits per heavy atom. The van der Waals surface area contributed by atoms with Crippen molar-refractivity contribution in [2.45, 2.75) is 41.5 Å². The molecule has 0 saturated heterocycles. The van der Waals surface area contributed by atoms with Gasteiger partial charge in [-0.3, -0.25) is 9.79 Å². The Balaban J connectivity index is 0.00000105. The van der Waals surface area contributed by atoms with E-state index in [0.717, 1.165) is 28.2 Å². The Labute approximate surface area is 169 Å². The van der Waals surface area contributed by atoms with Gasteiger partial charge in [0.05, 0.1) is 5.69 Å². The van der Waals surface area contributed by atoms with Crippen LogP contribution in [0.5, 0.6) is 0 Å². The molecule has 1 aromatic carbocycles. The number of rotatable bonds is 3. The fourth-order valence-electron chi connectivity index (χ4n) is 2.63. The molecule has 0 aliphatic carbocycles. The van der Waals surface area contributed by atoms with Crippen molar-refractivity contribution in [3.05, 3.63) is 52.3 Å². The van der Waals surface area contributed by atoms with Crippen LogP contribution in [0.1, 0.15) is 48.8 Å². The van der Waals surface area contributed by atoms with Gasteiger partial charge in [-0.15, -0.1) is 11.4 Å². The summed E-state index contributed by atoms with van der Waals surface area (Å²) in [5, 5.41) is 0. The number of nitrogens with zero attached hydrogens (tertiary/aromatic N) is 3. The Hall–Kier alpha value is -1.39. The van der Waals surface area contributed by atoms with E-state index < -0.39 is 0 Å². The van der Waals surface area contributed by atoms with Gasteiger partial charge < -0.3 is 4.98 Å². The number of hydrogen-bond donors (Lipinski definition) is 0. The van der Waals surface area contributed by atoms with Crippen molar-refractivity contribution in [3.8, 4) is 0 Å². The van der Waals surface area contributed by atoms with E-state index in [9.17, 15) is 4.79 Å². The summed E-state index contributed by atoms with van der Waals surface area (Å²) >= 11 is 0.194. The Morgan fingerprint density at radius 2 is 1.42 bits per heavy atom. The van der Waals surface area contributed by atoms with E-state index in [1.54, 1.807) is 6.92 Å². The van der Waals surface area contributed by atoms with Crippen molar-refractivity contribution in [1.82, 2.24) is 4.98 Å². The number of benzene rings is 1. The maximum absolute atomic E-state index is 11.1. The van der Waals surface area contributed by atoms with Crippen LogP contribution in [0.15, 0.2) is 34.3 Å². The summed E-state index contributed by atoms with van der Waals surface area (Å²) in [7, 11) is 9.53. The molecular weight excluding hydrogens is 413 g/mol. The average Bonchev–Trinajstić information content (AvgIpc) is 3.01. The third kappa shape index (κ3) is 6.73. The first kappa shape index (κ1) is 22.7. The zero-order valence-corrected chi connectivity index (χ0v) is 18.3. The van der Waals surface area contributed by atoms with Gasteiger partial charge in [0, 0.05) is 18.3 Å². The van der Waals surface area contributed by atoms with Gasteiger partial charge in [-0.25, -0.2) is 4.99 Å². The molecule has 1 amide bonds. The summed E-state index contributed by atoms with van der Waals surface area (Å²) in [4.78, 5) is 24.3. The minimum atomic E-state index is -0.219. The summed E-state index contributed by atoms with van der Waals surface area (Å²) in [6.45, 7) is 11.4. The van der Waals surface area contributed by atoms with E-state index in [4.69, 9.17) is 25.2 Å². The van der Waals surface area contributed by atoms with E-state index in [0.29, 0.717) is 11.4 Å². The second kappa shape index (κ2) is 10.7. The normalized spacial score (nSPS) is 11.8. The average molecular weight is 435 g/mol. The van der Waals surface area contributed by atoms with Crippen LogP contribution in [0.2, 0.25) is 0 Å². The van der Waals surface area contributed by atoms with E-state index >= 15 is 0 Å². The fraction of sp³-hybridized carbons (Fsp3) is 0.316. The van der Waals surface area contributed by atoms with Crippen molar-refractivity contribution in [1.29, 1.82) is 0 Å². The predicted molar refractivity (Wildman–Crippen MR) is 107 cm³/mol. The van der Waals surface area contributed by atoms with Crippen molar-refractivity contribution >= 4 is 43.2 Å². The van der Waals surface area contributed by atoms with Gasteiger partial charge in [0.25, 0.3) is 0 Å². The van der Waals surface area contributed by atoms with Crippen LogP contribution in [0, 0.1) is 20.8 Å². The third-order valence-corrected chi connectivity index (χ3v) is 3.62. The third-order valence-electron chi connectivity index (χ3n) is 3.62. The molecule has 141 valence electrons. The number of hydrogen-bond acceptors (Lipinski definition) is 2. The standard InChI is InChI=1S/C19H23N3O.2ClH.Fe/c1-11-9-12(2)19(13(3)10-11)21-15(5)18-8-7-17(22-18)14(4)20-16(6)23;;;/h7-10H,1-6H3,(H,20,21,22,23);2*1H;/q;;;+3/p-3. The van der Waals surface area contributed by atoms with E-state index in [1.165, 1.54) is 12.5 Å². The molecule has 7 heteroatoms. The van der Waals surface area contributed by atoms with Gasteiger partial charge >= 0.3 is 33.3 Å². The molecule has 1 aromatic heterocycles. The second-order valence-electron chi connectivity index (χ2n) is 5.93. The summed E-state index contributed by atoms with van der Waals surface area (Å²) < 4.78 is 0. The van der Waals surface area contributed by atoms with Crippen LogP contribution in [-0.4, -0.2) is 17.3 Å². The fourth-order valence-corrected chi connectivity index (χ4v) is 2.63. The van der Waals surface area contributed by atoms with E-state index in [2.05, 4.69) is 42.9 Å². The summed E-state index contributed by atoms with van der Waals surface area (Å²) in [6.07, 6.45) is 0. The van der Waals surface area contributed by atoms with Gasteiger partial charge in [-0.2, -0.15) is 0 Å². The van der Waals surface area contributed by atoms with Crippen LogP contribution < -0.4 is 4.98 Å². The van der Waals surface area contributed by atoms with Gasteiger partial charge in [-0.05, 0) is 45.7 Å². The number of carbonyl (C=O) groups is 1. The zero-order valence-electron chi connectivity index (χ0n) is 15.7. The molecule has 0 fully saturated rings. The Morgan fingerprint density at radius 3 is 1.88 bits per heavy atom. The Kier molecular flexibility index (Phi) is 9.31. The van der Waals surface area contributed by atoms with Crippen LogP contribution in [0.4, 0.5) is 5.69 Å². The summed E-state index contributed by atoms with van der Waals surface area (Å²) in [5.41, 5.74) is 7.53. The molecular formula is C19H22Cl2FeN3O. The molecule has 0 aliphatic rings. The van der Waals surface area contributed by atoms with Crippen LogP contribution >= 0.6 is 20.2 Å². The van der Waals surface area contributed by atoms with Crippen LogP contribution in [-0.2, 0) is 17.9 Å². The molecule has 1 heterocycles. The zero-order chi connectivity index (χ0) is 19.9. The summed E-state index contributed by atoms with van der Waals surface area (Å²) in [6, 6.07) is 8.04. The molecule has 0 saturated carbocycles. The quantitative estimate of drug-likeness (QED) is 0.476. The maximum atomic E-state index is 11.1. The molecule has 26 heavy (non-hydrogen) atoms. The SMILES string of the molecule is CC(=O)N=C(C)c1ccc(C(C)=Nc2c(C)cc(C)cc2C)[n-]1.[Cl][Fe+][Cl]. The van der Waals surface area contributed by atoms with Gasteiger partial charge in [0.15, 0.2) is 0 Å². The van der Waals surface area contributed by atoms with E-state index in [-0.39, 0.29) is 19.0 Å². The number of aryl methyl sites for hydroxylation is 3.